The Morgan fingerprint density at radius 2 is 1.78 bits per heavy atom. The van der Waals surface area contributed by atoms with Gasteiger partial charge >= 0.3 is 0 Å². The predicted molar refractivity (Wildman–Crippen MR) is 72.4 cm³/mol. The average molecular weight is 249 g/mol. The zero-order valence-electron chi connectivity index (χ0n) is 11.2. The van der Waals surface area contributed by atoms with E-state index >= 15 is 0 Å². The van der Waals surface area contributed by atoms with Crippen LogP contribution in [-0.4, -0.2) is 29.0 Å². The molecule has 0 saturated heterocycles. The average Bonchev–Trinajstić information content (AvgIpc) is 3.21. The Hall–Kier alpha value is -0.900. The monoisotopic (exact) mass is 249 g/mol. The van der Waals surface area contributed by atoms with Crippen molar-refractivity contribution in [3.8, 4) is 0 Å². The van der Waals surface area contributed by atoms with Gasteiger partial charge in [0.2, 0.25) is 0 Å². The molecule has 0 spiro atoms. The van der Waals surface area contributed by atoms with Crippen molar-refractivity contribution < 1.29 is 10.2 Å². The normalized spacial score (nSPS) is 17.8. The van der Waals surface area contributed by atoms with Gasteiger partial charge in [0.15, 0.2) is 0 Å². The molecule has 1 fully saturated rings. The third-order valence-electron chi connectivity index (χ3n) is 3.73. The largest absolute Gasteiger partial charge is 0.394 e. The van der Waals surface area contributed by atoms with E-state index in [1.54, 1.807) is 0 Å². The Balaban J connectivity index is 2.16. The lowest BCUT2D eigenvalue weighted by Crippen LogP contribution is -2.51. The van der Waals surface area contributed by atoms with Gasteiger partial charge in [-0.1, -0.05) is 29.8 Å². The lowest BCUT2D eigenvalue weighted by atomic mass is 9.96. The second kappa shape index (κ2) is 5.39. The van der Waals surface area contributed by atoms with E-state index in [1.807, 2.05) is 6.92 Å². The zero-order chi connectivity index (χ0) is 13.2. The molecule has 100 valence electrons. The maximum Gasteiger partial charge on any atom is 0.0633 e. The van der Waals surface area contributed by atoms with Crippen LogP contribution >= 0.6 is 0 Å². The summed E-state index contributed by atoms with van der Waals surface area (Å²) in [5.41, 5.74) is 1.88. The van der Waals surface area contributed by atoms with E-state index in [1.165, 1.54) is 24.0 Å². The molecule has 1 aliphatic rings. The second-order valence-electron chi connectivity index (χ2n) is 5.75. The fourth-order valence-electron chi connectivity index (χ4n) is 2.19. The minimum atomic E-state index is -0.613. The maximum absolute atomic E-state index is 9.40. The lowest BCUT2D eigenvalue weighted by Gasteiger charge is -2.32. The summed E-state index contributed by atoms with van der Waals surface area (Å²) in [6, 6.07) is 8.74. The first-order valence-electron chi connectivity index (χ1n) is 6.64. The molecule has 1 aromatic carbocycles. The maximum atomic E-state index is 9.40. The van der Waals surface area contributed by atoms with Crippen molar-refractivity contribution in [1.82, 2.24) is 5.32 Å². The molecule has 1 aliphatic carbocycles. The van der Waals surface area contributed by atoms with Crippen LogP contribution in [0.2, 0.25) is 0 Å². The summed E-state index contributed by atoms with van der Waals surface area (Å²) >= 11 is 0. The van der Waals surface area contributed by atoms with Crippen LogP contribution in [0.25, 0.3) is 0 Å². The molecule has 0 heterocycles. The molecule has 2 rings (SSSR count). The molecule has 0 aliphatic heterocycles. The van der Waals surface area contributed by atoms with E-state index in [4.69, 9.17) is 0 Å². The number of benzene rings is 1. The highest BCUT2D eigenvalue weighted by Crippen LogP contribution is 2.41. The first kappa shape index (κ1) is 13.5. The predicted octanol–water partition coefficient (Wildman–Crippen LogP) is 1.78. The summed E-state index contributed by atoms with van der Waals surface area (Å²) < 4.78 is 0. The van der Waals surface area contributed by atoms with Gasteiger partial charge in [-0.15, -0.1) is 0 Å². The number of hydrogen-bond donors (Lipinski definition) is 3. The van der Waals surface area contributed by atoms with E-state index in [-0.39, 0.29) is 19.3 Å². The molecule has 1 atom stereocenters. The molecule has 1 saturated carbocycles. The molecule has 0 radical (unpaired) electrons. The molecule has 3 N–H and O–H groups in total. The summed E-state index contributed by atoms with van der Waals surface area (Å²) in [4.78, 5) is 0. The van der Waals surface area contributed by atoms with Gasteiger partial charge in [-0.25, -0.2) is 0 Å². The summed E-state index contributed by atoms with van der Waals surface area (Å²) in [6.07, 6.45) is 2.44. The summed E-state index contributed by atoms with van der Waals surface area (Å²) in [5.74, 6) is 0.630. The molecule has 3 nitrogen and oxygen atoms in total. The van der Waals surface area contributed by atoms with Crippen LogP contribution in [0.3, 0.4) is 0 Å². The molecule has 0 aromatic heterocycles. The number of aryl methyl sites for hydroxylation is 1. The van der Waals surface area contributed by atoms with Crippen molar-refractivity contribution in [2.75, 3.05) is 13.2 Å². The Morgan fingerprint density at radius 3 is 2.22 bits per heavy atom. The van der Waals surface area contributed by atoms with E-state index in [0.717, 1.165) is 0 Å². The molecule has 1 unspecified atom stereocenters. The van der Waals surface area contributed by atoms with E-state index in [9.17, 15) is 10.2 Å². The lowest BCUT2D eigenvalue weighted by molar-refractivity contribution is 0.0909. The van der Waals surface area contributed by atoms with Crippen molar-refractivity contribution in [1.29, 1.82) is 0 Å². The van der Waals surface area contributed by atoms with Crippen molar-refractivity contribution in [3.63, 3.8) is 0 Å². The minimum absolute atomic E-state index is 0.0570. The van der Waals surface area contributed by atoms with Crippen LogP contribution < -0.4 is 5.32 Å². The third kappa shape index (κ3) is 3.10. The van der Waals surface area contributed by atoms with E-state index in [0.29, 0.717) is 5.92 Å². The van der Waals surface area contributed by atoms with E-state index < -0.39 is 5.54 Å². The molecular weight excluding hydrogens is 226 g/mol. The van der Waals surface area contributed by atoms with Gasteiger partial charge in [0.25, 0.3) is 0 Å². The fraction of sp³-hybridized carbons (Fsp3) is 0.600. The first-order chi connectivity index (χ1) is 8.58. The SMILES string of the molecule is Cc1ccc(C(NC(C)(CO)CO)C2CC2)cc1. The molecule has 0 amide bonds. The Bertz CT molecular complexity index is 380. The second-order valence-corrected chi connectivity index (χ2v) is 5.75. The number of hydrogen-bond acceptors (Lipinski definition) is 3. The number of aliphatic hydroxyl groups excluding tert-OH is 2. The van der Waals surface area contributed by atoms with Gasteiger partial charge in [0.1, 0.15) is 0 Å². The first-order valence-corrected chi connectivity index (χ1v) is 6.64. The topological polar surface area (TPSA) is 52.5 Å². The fourth-order valence-corrected chi connectivity index (χ4v) is 2.19. The summed E-state index contributed by atoms with van der Waals surface area (Å²) in [7, 11) is 0. The van der Waals surface area contributed by atoms with E-state index in [2.05, 4.69) is 36.5 Å². The quantitative estimate of drug-likeness (QED) is 0.720. The highest BCUT2D eigenvalue weighted by Gasteiger charge is 2.36. The van der Waals surface area contributed by atoms with Crippen molar-refractivity contribution in [3.05, 3.63) is 35.4 Å². The Morgan fingerprint density at radius 1 is 1.22 bits per heavy atom. The van der Waals surface area contributed by atoms with Crippen LogP contribution in [0.4, 0.5) is 0 Å². The highest BCUT2D eigenvalue weighted by molar-refractivity contribution is 5.26. The van der Waals surface area contributed by atoms with Gasteiger partial charge in [-0.2, -0.15) is 0 Å². The highest BCUT2D eigenvalue weighted by atomic mass is 16.3. The molecule has 18 heavy (non-hydrogen) atoms. The van der Waals surface area contributed by atoms with Gasteiger partial charge < -0.3 is 15.5 Å². The van der Waals surface area contributed by atoms with Crippen LogP contribution in [0.15, 0.2) is 24.3 Å². The van der Waals surface area contributed by atoms with Crippen LogP contribution in [0, 0.1) is 12.8 Å². The Labute approximate surface area is 109 Å². The van der Waals surface area contributed by atoms with Crippen molar-refractivity contribution in [2.45, 2.75) is 38.3 Å². The molecule has 0 bridgehead atoms. The zero-order valence-corrected chi connectivity index (χ0v) is 11.2. The smallest absolute Gasteiger partial charge is 0.0633 e. The van der Waals surface area contributed by atoms with Gasteiger partial charge in [0.05, 0.1) is 18.8 Å². The summed E-state index contributed by atoms with van der Waals surface area (Å²) in [5, 5.41) is 22.2. The van der Waals surface area contributed by atoms with Gasteiger partial charge in [-0.05, 0) is 38.2 Å². The number of aliphatic hydroxyl groups is 2. The van der Waals surface area contributed by atoms with Crippen LogP contribution in [0.5, 0.6) is 0 Å². The number of nitrogens with one attached hydrogen (secondary N) is 1. The number of rotatable bonds is 6. The van der Waals surface area contributed by atoms with Crippen LogP contribution in [0.1, 0.15) is 36.9 Å². The summed E-state index contributed by atoms with van der Waals surface area (Å²) in [6.45, 7) is 3.82. The Kier molecular flexibility index (Phi) is 4.05. The van der Waals surface area contributed by atoms with Gasteiger partial charge in [0, 0.05) is 6.04 Å². The molecular formula is C15H23NO2. The minimum Gasteiger partial charge on any atom is -0.394 e. The van der Waals surface area contributed by atoms with Crippen LogP contribution in [-0.2, 0) is 0 Å². The third-order valence-corrected chi connectivity index (χ3v) is 3.73. The molecule has 3 heteroatoms. The standard InChI is InChI=1S/C15H23NO2/c1-11-3-5-12(6-4-11)14(13-7-8-13)16-15(2,9-17)10-18/h3-6,13-14,16-18H,7-10H2,1-2H3. The molecule has 1 aromatic rings. The van der Waals surface area contributed by atoms with Crippen molar-refractivity contribution in [2.24, 2.45) is 5.92 Å². The van der Waals surface area contributed by atoms with Gasteiger partial charge in [-0.3, -0.25) is 0 Å². The van der Waals surface area contributed by atoms with Crippen molar-refractivity contribution >= 4 is 0 Å².